The molecule has 1 rings (SSSR count). The molecular formula is C10H17N3. The number of unbranched alkanes of at least 4 members (excludes halogenated alkanes) is 2. The van der Waals surface area contributed by atoms with Crippen LogP contribution < -0.4 is 5.73 Å². The van der Waals surface area contributed by atoms with Gasteiger partial charge < -0.3 is 5.73 Å². The van der Waals surface area contributed by atoms with E-state index in [0.29, 0.717) is 0 Å². The lowest BCUT2D eigenvalue weighted by Gasteiger charge is -2.09. The SMILES string of the molecule is CCCCCC(N)c1ccnnc1. The van der Waals surface area contributed by atoms with Gasteiger partial charge in [-0.2, -0.15) is 10.2 Å². The number of rotatable bonds is 5. The van der Waals surface area contributed by atoms with Crippen molar-refractivity contribution < 1.29 is 0 Å². The zero-order valence-electron chi connectivity index (χ0n) is 8.11. The Morgan fingerprint density at radius 3 is 2.85 bits per heavy atom. The van der Waals surface area contributed by atoms with E-state index in [0.717, 1.165) is 12.0 Å². The molecule has 1 atom stereocenters. The van der Waals surface area contributed by atoms with Crippen molar-refractivity contribution in [2.24, 2.45) is 5.73 Å². The Kier molecular flexibility index (Phi) is 4.40. The minimum Gasteiger partial charge on any atom is -0.324 e. The van der Waals surface area contributed by atoms with Crippen LogP contribution >= 0.6 is 0 Å². The molecule has 2 N–H and O–H groups in total. The van der Waals surface area contributed by atoms with Gasteiger partial charge in [-0.05, 0) is 18.1 Å². The fourth-order valence-corrected chi connectivity index (χ4v) is 1.30. The zero-order chi connectivity index (χ0) is 9.52. The molecule has 0 fully saturated rings. The maximum absolute atomic E-state index is 5.97. The van der Waals surface area contributed by atoms with Crippen molar-refractivity contribution in [2.75, 3.05) is 0 Å². The molecule has 1 heterocycles. The predicted molar refractivity (Wildman–Crippen MR) is 53.1 cm³/mol. The third-order valence-electron chi connectivity index (χ3n) is 2.15. The molecule has 0 radical (unpaired) electrons. The number of nitrogens with zero attached hydrogens (tertiary/aromatic N) is 2. The summed E-state index contributed by atoms with van der Waals surface area (Å²) in [5.74, 6) is 0. The van der Waals surface area contributed by atoms with Crippen molar-refractivity contribution in [2.45, 2.75) is 38.6 Å². The Morgan fingerprint density at radius 2 is 2.23 bits per heavy atom. The molecular weight excluding hydrogens is 162 g/mol. The van der Waals surface area contributed by atoms with Gasteiger partial charge in [-0.15, -0.1) is 0 Å². The fourth-order valence-electron chi connectivity index (χ4n) is 1.30. The average molecular weight is 179 g/mol. The van der Waals surface area contributed by atoms with Crippen LogP contribution in [0.4, 0.5) is 0 Å². The van der Waals surface area contributed by atoms with E-state index in [1.807, 2.05) is 6.07 Å². The second-order valence-electron chi connectivity index (χ2n) is 3.28. The maximum atomic E-state index is 5.97. The van der Waals surface area contributed by atoms with E-state index in [-0.39, 0.29) is 6.04 Å². The van der Waals surface area contributed by atoms with E-state index in [4.69, 9.17) is 5.73 Å². The first-order valence-electron chi connectivity index (χ1n) is 4.86. The predicted octanol–water partition coefficient (Wildman–Crippen LogP) is 2.06. The summed E-state index contributed by atoms with van der Waals surface area (Å²) in [6.07, 6.45) is 8.17. The highest BCUT2D eigenvalue weighted by Gasteiger charge is 2.04. The molecule has 13 heavy (non-hydrogen) atoms. The van der Waals surface area contributed by atoms with Crippen molar-refractivity contribution in [3.05, 3.63) is 24.0 Å². The molecule has 72 valence electrons. The molecule has 0 aliphatic rings. The van der Waals surface area contributed by atoms with Gasteiger partial charge in [0.2, 0.25) is 0 Å². The average Bonchev–Trinajstić information content (AvgIpc) is 2.19. The summed E-state index contributed by atoms with van der Waals surface area (Å²) in [6, 6.07) is 2.06. The van der Waals surface area contributed by atoms with Crippen LogP contribution in [0.3, 0.4) is 0 Å². The Morgan fingerprint density at radius 1 is 1.38 bits per heavy atom. The van der Waals surface area contributed by atoms with E-state index in [9.17, 15) is 0 Å². The highest BCUT2D eigenvalue weighted by molar-refractivity contribution is 5.10. The van der Waals surface area contributed by atoms with Crippen molar-refractivity contribution in [3.8, 4) is 0 Å². The van der Waals surface area contributed by atoms with Crippen LogP contribution in [0.15, 0.2) is 18.5 Å². The Labute approximate surface area is 79.4 Å². The van der Waals surface area contributed by atoms with Gasteiger partial charge in [0.1, 0.15) is 0 Å². The lowest BCUT2D eigenvalue weighted by atomic mass is 10.0. The lowest BCUT2D eigenvalue weighted by molar-refractivity contribution is 0.578. The summed E-state index contributed by atoms with van der Waals surface area (Å²) in [6.45, 7) is 2.19. The molecule has 3 heteroatoms. The molecule has 3 nitrogen and oxygen atoms in total. The minimum absolute atomic E-state index is 0.127. The van der Waals surface area contributed by atoms with Crippen LogP contribution in [0.1, 0.15) is 44.2 Å². The second kappa shape index (κ2) is 5.65. The molecule has 1 aromatic rings. The number of nitrogens with two attached hydrogens (primary N) is 1. The van der Waals surface area contributed by atoms with Gasteiger partial charge in [0.25, 0.3) is 0 Å². The Balaban J connectivity index is 2.35. The van der Waals surface area contributed by atoms with Gasteiger partial charge in [-0.3, -0.25) is 0 Å². The highest BCUT2D eigenvalue weighted by atomic mass is 15.1. The van der Waals surface area contributed by atoms with Crippen molar-refractivity contribution >= 4 is 0 Å². The largest absolute Gasteiger partial charge is 0.324 e. The van der Waals surface area contributed by atoms with Crippen LogP contribution in [0, 0.1) is 0 Å². The zero-order valence-corrected chi connectivity index (χ0v) is 8.11. The Hall–Kier alpha value is -0.960. The van der Waals surface area contributed by atoms with Crippen LogP contribution in [0.2, 0.25) is 0 Å². The molecule has 0 aliphatic heterocycles. The van der Waals surface area contributed by atoms with Crippen molar-refractivity contribution in [1.82, 2.24) is 10.2 Å². The molecule has 0 bridgehead atoms. The van der Waals surface area contributed by atoms with Crippen LogP contribution in [-0.4, -0.2) is 10.2 Å². The number of hydrogen-bond acceptors (Lipinski definition) is 3. The first-order chi connectivity index (χ1) is 6.34. The van der Waals surface area contributed by atoms with Crippen molar-refractivity contribution in [3.63, 3.8) is 0 Å². The normalized spacial score (nSPS) is 12.8. The molecule has 0 spiro atoms. The summed E-state index contributed by atoms with van der Waals surface area (Å²) in [7, 11) is 0. The van der Waals surface area contributed by atoms with Gasteiger partial charge >= 0.3 is 0 Å². The number of aromatic nitrogens is 2. The lowest BCUT2D eigenvalue weighted by Crippen LogP contribution is -2.10. The highest BCUT2D eigenvalue weighted by Crippen LogP contribution is 2.15. The van der Waals surface area contributed by atoms with Gasteiger partial charge in [0, 0.05) is 12.2 Å². The molecule has 0 amide bonds. The van der Waals surface area contributed by atoms with Crippen LogP contribution in [0.25, 0.3) is 0 Å². The first kappa shape index (κ1) is 10.1. The maximum Gasteiger partial charge on any atom is 0.0543 e. The van der Waals surface area contributed by atoms with Crippen LogP contribution in [-0.2, 0) is 0 Å². The summed E-state index contributed by atoms with van der Waals surface area (Å²) in [4.78, 5) is 0. The first-order valence-corrected chi connectivity index (χ1v) is 4.86. The van der Waals surface area contributed by atoms with Gasteiger partial charge in [-0.25, -0.2) is 0 Å². The molecule has 0 saturated carbocycles. The molecule has 1 aromatic heterocycles. The third-order valence-corrected chi connectivity index (χ3v) is 2.15. The summed E-state index contributed by atoms with van der Waals surface area (Å²) in [5.41, 5.74) is 7.06. The quantitative estimate of drug-likeness (QED) is 0.704. The molecule has 1 unspecified atom stereocenters. The van der Waals surface area contributed by atoms with E-state index >= 15 is 0 Å². The standard InChI is InChI=1S/C10H17N3/c1-2-3-4-5-10(11)9-6-7-12-13-8-9/h6-8,10H,2-5,11H2,1H3. The fraction of sp³-hybridized carbons (Fsp3) is 0.600. The topological polar surface area (TPSA) is 51.8 Å². The van der Waals surface area contributed by atoms with Gasteiger partial charge in [0.05, 0.1) is 6.20 Å². The van der Waals surface area contributed by atoms with E-state index in [2.05, 4.69) is 17.1 Å². The molecule has 0 saturated heterocycles. The smallest absolute Gasteiger partial charge is 0.0543 e. The molecule has 0 aromatic carbocycles. The Bertz CT molecular complexity index is 223. The third kappa shape index (κ3) is 3.51. The van der Waals surface area contributed by atoms with Gasteiger partial charge in [0.15, 0.2) is 0 Å². The monoisotopic (exact) mass is 179 g/mol. The van der Waals surface area contributed by atoms with Crippen molar-refractivity contribution in [1.29, 1.82) is 0 Å². The minimum atomic E-state index is 0.127. The van der Waals surface area contributed by atoms with E-state index in [1.54, 1.807) is 12.4 Å². The summed E-state index contributed by atoms with van der Waals surface area (Å²) < 4.78 is 0. The van der Waals surface area contributed by atoms with E-state index in [1.165, 1.54) is 19.3 Å². The number of hydrogen-bond donors (Lipinski definition) is 1. The van der Waals surface area contributed by atoms with Crippen LogP contribution in [0.5, 0.6) is 0 Å². The second-order valence-corrected chi connectivity index (χ2v) is 3.28. The summed E-state index contributed by atoms with van der Waals surface area (Å²) >= 11 is 0. The molecule has 0 aliphatic carbocycles. The summed E-state index contributed by atoms with van der Waals surface area (Å²) in [5, 5.41) is 7.52. The van der Waals surface area contributed by atoms with E-state index < -0.39 is 0 Å². The van der Waals surface area contributed by atoms with Gasteiger partial charge in [-0.1, -0.05) is 26.2 Å².